The van der Waals surface area contributed by atoms with Crippen LogP contribution in [0.4, 0.5) is 5.69 Å². The molecule has 1 amide bonds. The van der Waals surface area contributed by atoms with E-state index >= 15 is 0 Å². The fourth-order valence-electron chi connectivity index (χ4n) is 3.86. The number of nitrogens with zero attached hydrogens (tertiary/aromatic N) is 1. The van der Waals surface area contributed by atoms with Gasteiger partial charge in [-0.2, -0.15) is 0 Å². The van der Waals surface area contributed by atoms with Crippen LogP contribution in [0, 0.1) is 0 Å². The number of hydrogen-bond donors (Lipinski definition) is 3. The molecule has 1 atom stereocenters. The summed E-state index contributed by atoms with van der Waals surface area (Å²) in [4.78, 5) is 36.5. The first kappa shape index (κ1) is 23.7. The van der Waals surface area contributed by atoms with Crippen LogP contribution in [0.5, 0.6) is 0 Å². The van der Waals surface area contributed by atoms with Gasteiger partial charge in [-0.15, -0.1) is 0 Å². The van der Waals surface area contributed by atoms with E-state index in [0.29, 0.717) is 34.3 Å². The van der Waals surface area contributed by atoms with E-state index in [1.165, 1.54) is 6.20 Å². The average Bonchev–Trinajstić information content (AvgIpc) is 3.24. The van der Waals surface area contributed by atoms with Crippen molar-refractivity contribution in [2.45, 2.75) is 19.4 Å². The molecule has 0 fully saturated rings. The molecule has 0 bridgehead atoms. The third kappa shape index (κ3) is 5.23. The zero-order valence-corrected chi connectivity index (χ0v) is 19.1. The van der Waals surface area contributed by atoms with E-state index in [1.807, 2.05) is 30.3 Å². The third-order valence-electron chi connectivity index (χ3n) is 5.59. The van der Waals surface area contributed by atoms with Gasteiger partial charge in [0.15, 0.2) is 0 Å². The Labute approximate surface area is 201 Å². The highest BCUT2D eigenvalue weighted by atomic mass is 16.5. The molecule has 35 heavy (non-hydrogen) atoms. The van der Waals surface area contributed by atoms with Crippen LogP contribution < -0.4 is 11.1 Å². The molecule has 0 saturated carbocycles. The Kier molecular flexibility index (Phi) is 6.93. The van der Waals surface area contributed by atoms with Crippen molar-refractivity contribution in [3.05, 3.63) is 95.7 Å². The summed E-state index contributed by atoms with van der Waals surface area (Å²) in [6.45, 7) is 2.01. The molecular weight excluding hydrogens is 446 g/mol. The predicted molar refractivity (Wildman–Crippen MR) is 133 cm³/mol. The number of amides is 1. The van der Waals surface area contributed by atoms with E-state index < -0.39 is 18.0 Å². The minimum absolute atomic E-state index is 0.0825. The summed E-state index contributed by atoms with van der Waals surface area (Å²) >= 11 is 0. The van der Waals surface area contributed by atoms with Gasteiger partial charge in [0.1, 0.15) is 0 Å². The second-order valence-corrected chi connectivity index (χ2v) is 8.00. The highest BCUT2D eigenvalue weighted by Crippen LogP contribution is 2.28. The number of carboxylic acids is 1. The quantitative estimate of drug-likeness (QED) is 0.334. The number of carbonyl (C=O) groups is 3. The van der Waals surface area contributed by atoms with Gasteiger partial charge in [0, 0.05) is 23.0 Å². The van der Waals surface area contributed by atoms with E-state index in [9.17, 15) is 19.5 Å². The normalized spacial score (nSPS) is 11.7. The van der Waals surface area contributed by atoms with Gasteiger partial charge in [-0.1, -0.05) is 30.3 Å². The zero-order chi connectivity index (χ0) is 24.9. The number of anilines is 1. The van der Waals surface area contributed by atoms with Crippen LogP contribution in [-0.2, 0) is 16.0 Å². The molecule has 4 aromatic rings. The Bertz CT molecular complexity index is 1380. The van der Waals surface area contributed by atoms with E-state index in [-0.39, 0.29) is 18.1 Å². The second kappa shape index (κ2) is 10.2. The fraction of sp³-hybridized carbons (Fsp3) is 0.148. The summed E-state index contributed by atoms with van der Waals surface area (Å²) in [5, 5.41) is 13.0. The number of nitrogens with one attached hydrogen (secondary N) is 1. The van der Waals surface area contributed by atoms with Crippen LogP contribution in [0.25, 0.3) is 16.6 Å². The standard InChI is InChI=1S/C27H25N3O5/c1-2-35-27(34)18-8-11-20(12-9-18)30-16-22(26(32)33)21-15-19(10-13-24(21)30)29-25(31)23(28)14-17-6-4-3-5-7-17/h3-13,15-16,23H,2,14,28H2,1H3,(H,29,31)(H,32,33). The van der Waals surface area contributed by atoms with Gasteiger partial charge in [0.2, 0.25) is 5.91 Å². The van der Waals surface area contributed by atoms with E-state index in [0.717, 1.165) is 5.56 Å². The molecule has 178 valence electrons. The highest BCUT2D eigenvalue weighted by Gasteiger charge is 2.18. The minimum Gasteiger partial charge on any atom is -0.478 e. The average molecular weight is 472 g/mol. The Hall–Kier alpha value is -4.43. The summed E-state index contributed by atoms with van der Waals surface area (Å²) in [6.07, 6.45) is 1.90. The van der Waals surface area contributed by atoms with Gasteiger partial charge < -0.3 is 25.5 Å². The second-order valence-electron chi connectivity index (χ2n) is 8.00. The number of carbonyl (C=O) groups excluding carboxylic acids is 2. The van der Waals surface area contributed by atoms with Crippen molar-refractivity contribution in [3.8, 4) is 5.69 Å². The van der Waals surface area contributed by atoms with Gasteiger partial charge in [-0.05, 0) is 61.4 Å². The highest BCUT2D eigenvalue weighted by molar-refractivity contribution is 6.06. The summed E-state index contributed by atoms with van der Waals surface area (Å²) in [5.74, 6) is -1.88. The van der Waals surface area contributed by atoms with Crippen molar-refractivity contribution in [1.82, 2.24) is 4.57 Å². The first-order valence-electron chi connectivity index (χ1n) is 11.1. The number of nitrogens with two attached hydrogens (primary N) is 1. The molecule has 0 aliphatic rings. The number of fused-ring (bicyclic) bond motifs is 1. The Balaban J connectivity index is 1.60. The van der Waals surface area contributed by atoms with Crippen molar-refractivity contribution in [2.75, 3.05) is 11.9 Å². The summed E-state index contributed by atoms with van der Waals surface area (Å²) < 4.78 is 6.73. The van der Waals surface area contributed by atoms with Gasteiger partial charge in [-0.25, -0.2) is 9.59 Å². The largest absolute Gasteiger partial charge is 0.478 e. The van der Waals surface area contributed by atoms with Crippen molar-refractivity contribution < 1.29 is 24.2 Å². The van der Waals surface area contributed by atoms with Crippen LogP contribution in [-0.4, -0.2) is 40.2 Å². The number of rotatable bonds is 8. The fourth-order valence-corrected chi connectivity index (χ4v) is 3.86. The lowest BCUT2D eigenvalue weighted by atomic mass is 10.1. The van der Waals surface area contributed by atoms with Crippen LogP contribution in [0.15, 0.2) is 79.0 Å². The topological polar surface area (TPSA) is 124 Å². The monoisotopic (exact) mass is 471 g/mol. The number of carboxylic acid groups (broad SMARTS) is 1. The maximum Gasteiger partial charge on any atom is 0.338 e. The Morgan fingerprint density at radius 2 is 1.74 bits per heavy atom. The maximum atomic E-state index is 12.6. The van der Waals surface area contributed by atoms with Gasteiger partial charge in [0.05, 0.1) is 29.3 Å². The van der Waals surface area contributed by atoms with E-state index in [2.05, 4.69) is 5.32 Å². The zero-order valence-electron chi connectivity index (χ0n) is 19.1. The molecule has 4 rings (SSSR count). The lowest BCUT2D eigenvalue weighted by Gasteiger charge is -2.13. The van der Waals surface area contributed by atoms with Crippen LogP contribution in [0.3, 0.4) is 0 Å². The first-order chi connectivity index (χ1) is 16.9. The van der Waals surface area contributed by atoms with Crippen LogP contribution >= 0.6 is 0 Å². The molecule has 0 saturated heterocycles. The Morgan fingerprint density at radius 1 is 1.03 bits per heavy atom. The third-order valence-corrected chi connectivity index (χ3v) is 5.59. The molecule has 0 aliphatic heterocycles. The van der Waals surface area contributed by atoms with Gasteiger partial charge >= 0.3 is 11.9 Å². The Morgan fingerprint density at radius 3 is 2.40 bits per heavy atom. The summed E-state index contributed by atoms with van der Waals surface area (Å²) in [5.41, 5.74) is 9.28. The molecule has 8 heteroatoms. The minimum atomic E-state index is -1.10. The maximum absolute atomic E-state index is 12.6. The van der Waals surface area contributed by atoms with Crippen molar-refractivity contribution in [2.24, 2.45) is 5.73 Å². The molecule has 0 aliphatic carbocycles. The lowest BCUT2D eigenvalue weighted by molar-refractivity contribution is -0.117. The molecule has 8 nitrogen and oxygen atoms in total. The molecule has 1 heterocycles. The smallest absolute Gasteiger partial charge is 0.338 e. The number of hydrogen-bond acceptors (Lipinski definition) is 5. The SMILES string of the molecule is CCOC(=O)c1ccc(-n2cc(C(=O)O)c3cc(NC(=O)C(N)Cc4ccccc4)ccc32)cc1. The molecule has 4 N–H and O–H groups in total. The van der Waals surface area contributed by atoms with Crippen molar-refractivity contribution in [1.29, 1.82) is 0 Å². The van der Waals surface area contributed by atoms with Gasteiger partial charge in [0.25, 0.3) is 0 Å². The van der Waals surface area contributed by atoms with E-state index in [4.69, 9.17) is 10.5 Å². The summed E-state index contributed by atoms with van der Waals surface area (Å²) in [7, 11) is 0. The molecule has 3 aromatic carbocycles. The van der Waals surface area contributed by atoms with E-state index in [1.54, 1.807) is 54.0 Å². The number of aromatic carboxylic acids is 1. The molecule has 1 unspecified atom stereocenters. The number of ether oxygens (including phenoxy) is 1. The molecular formula is C27H25N3O5. The molecule has 0 radical (unpaired) electrons. The lowest BCUT2D eigenvalue weighted by Crippen LogP contribution is -2.37. The predicted octanol–water partition coefficient (Wildman–Crippen LogP) is 4.01. The van der Waals surface area contributed by atoms with Crippen molar-refractivity contribution >= 4 is 34.4 Å². The van der Waals surface area contributed by atoms with Crippen LogP contribution in [0.2, 0.25) is 0 Å². The van der Waals surface area contributed by atoms with Crippen LogP contribution in [0.1, 0.15) is 33.2 Å². The number of esters is 1. The summed E-state index contributed by atoms with van der Waals surface area (Å²) in [6, 6.07) is 20.5. The first-order valence-corrected chi connectivity index (χ1v) is 11.1. The molecule has 0 spiro atoms. The number of benzene rings is 3. The number of aromatic nitrogens is 1. The van der Waals surface area contributed by atoms with Gasteiger partial charge in [-0.3, -0.25) is 4.79 Å². The molecule has 1 aromatic heterocycles. The van der Waals surface area contributed by atoms with Crippen molar-refractivity contribution in [3.63, 3.8) is 0 Å².